The number of azo groups is 1. The molecule has 334 valence electrons. The van der Waals surface area contributed by atoms with Gasteiger partial charge in [0.15, 0.2) is 5.82 Å². The second-order valence-electron chi connectivity index (χ2n) is 15.3. The van der Waals surface area contributed by atoms with Crippen LogP contribution < -0.4 is 28.4 Å². The van der Waals surface area contributed by atoms with Crippen LogP contribution in [-0.4, -0.2) is 55.6 Å². The van der Waals surface area contributed by atoms with E-state index in [1.807, 2.05) is 103 Å². The van der Waals surface area contributed by atoms with E-state index >= 15 is 0 Å². The topological polar surface area (TPSA) is 119 Å². The predicted molar refractivity (Wildman–Crippen MR) is 255 cm³/mol. The van der Waals surface area contributed by atoms with Crippen LogP contribution in [0.4, 0.5) is 11.4 Å². The molecular weight excluding hydrogens is 803 g/mol. The van der Waals surface area contributed by atoms with Gasteiger partial charge in [-0.05, 0) is 128 Å². The van der Waals surface area contributed by atoms with Gasteiger partial charge in [0, 0.05) is 5.56 Å². The van der Waals surface area contributed by atoms with E-state index in [1.165, 1.54) is 25.7 Å². The zero-order valence-corrected chi connectivity index (χ0v) is 37.3. The maximum absolute atomic E-state index is 6.05. The Morgan fingerprint density at radius 3 is 1.14 bits per heavy atom. The predicted octanol–water partition coefficient (Wildman–Crippen LogP) is 13.9. The maximum Gasteiger partial charge on any atom is 0.323 e. The summed E-state index contributed by atoms with van der Waals surface area (Å²) in [6, 6.07) is 40.0. The van der Waals surface area contributed by atoms with Crippen molar-refractivity contribution < 1.29 is 28.4 Å². The van der Waals surface area contributed by atoms with E-state index in [0.29, 0.717) is 32.3 Å². The molecular formula is C53H61N5O6. The van der Waals surface area contributed by atoms with E-state index in [0.717, 1.165) is 108 Å². The summed E-state index contributed by atoms with van der Waals surface area (Å²) >= 11 is 0. The van der Waals surface area contributed by atoms with Crippen molar-refractivity contribution in [3.05, 3.63) is 133 Å². The monoisotopic (exact) mass is 863 g/mol. The number of benzene rings is 5. The van der Waals surface area contributed by atoms with Crippen molar-refractivity contribution in [3.63, 3.8) is 0 Å². The normalized spacial score (nSPS) is 11.0. The lowest BCUT2D eigenvalue weighted by Gasteiger charge is -2.10. The summed E-state index contributed by atoms with van der Waals surface area (Å²) in [7, 11) is 3.32. The van der Waals surface area contributed by atoms with Gasteiger partial charge in [-0.3, -0.25) is 0 Å². The number of methoxy groups -OCH3 is 2. The van der Waals surface area contributed by atoms with Gasteiger partial charge in [-0.1, -0.05) is 99.7 Å². The number of aromatic nitrogens is 3. The first-order valence-electron chi connectivity index (χ1n) is 22.5. The Bertz CT molecular complexity index is 2270. The van der Waals surface area contributed by atoms with Crippen molar-refractivity contribution in [2.75, 3.05) is 40.6 Å². The van der Waals surface area contributed by atoms with Crippen LogP contribution in [0, 0.1) is 0 Å². The Balaban J connectivity index is 0.820. The van der Waals surface area contributed by atoms with Crippen molar-refractivity contribution in [2.45, 2.75) is 77.0 Å². The molecule has 0 atom stereocenters. The molecule has 0 radical (unpaired) electrons. The lowest BCUT2D eigenvalue weighted by Crippen LogP contribution is -2.08. The summed E-state index contributed by atoms with van der Waals surface area (Å²) in [5.41, 5.74) is 5.73. The van der Waals surface area contributed by atoms with E-state index in [4.69, 9.17) is 28.4 Å². The molecule has 0 bridgehead atoms. The molecule has 0 spiro atoms. The first-order valence-corrected chi connectivity index (χ1v) is 22.5. The van der Waals surface area contributed by atoms with Crippen LogP contribution in [0.5, 0.6) is 35.0 Å². The molecule has 11 heteroatoms. The van der Waals surface area contributed by atoms with E-state index in [-0.39, 0.29) is 12.0 Å². The van der Waals surface area contributed by atoms with Gasteiger partial charge in [0.25, 0.3) is 0 Å². The zero-order valence-electron chi connectivity index (χ0n) is 37.3. The summed E-state index contributed by atoms with van der Waals surface area (Å²) < 4.78 is 34.5. The minimum Gasteiger partial charge on any atom is -0.497 e. The van der Waals surface area contributed by atoms with Gasteiger partial charge in [-0.25, -0.2) is 0 Å². The molecule has 11 nitrogen and oxygen atoms in total. The first kappa shape index (κ1) is 46.7. The van der Waals surface area contributed by atoms with Crippen molar-refractivity contribution in [1.29, 1.82) is 0 Å². The molecule has 0 aliphatic heterocycles. The molecule has 5 aromatic carbocycles. The molecule has 0 saturated carbocycles. The summed E-state index contributed by atoms with van der Waals surface area (Å²) in [5, 5.41) is 8.59. The van der Waals surface area contributed by atoms with Crippen molar-refractivity contribution >= 4 is 17.5 Å². The maximum atomic E-state index is 6.05. The number of unbranched alkanes of at least 4 members (excludes halogenated alkanes) is 10. The van der Waals surface area contributed by atoms with Crippen LogP contribution in [0.1, 0.15) is 82.6 Å². The summed E-state index contributed by atoms with van der Waals surface area (Å²) in [6.45, 7) is 6.28. The Kier molecular flexibility index (Phi) is 19.5. The van der Waals surface area contributed by atoms with Crippen LogP contribution in [-0.2, 0) is 0 Å². The molecule has 64 heavy (non-hydrogen) atoms. The number of hydrogen-bond acceptors (Lipinski definition) is 11. The SMILES string of the molecule is C=Cc1ccc(-c2nc(OCCCCCCCCCCOc3ccc(N=Nc4ccc(OC)cc4)cc3)nc(OCCCCCCOc3ccc(-c4ccc(OC)cc4)cc3)n2)cc1. The number of ether oxygens (including phenoxy) is 6. The minimum absolute atomic E-state index is 0.279. The number of rotatable bonds is 29. The lowest BCUT2D eigenvalue weighted by atomic mass is 10.1. The summed E-state index contributed by atoms with van der Waals surface area (Å²) in [4.78, 5) is 13.8. The van der Waals surface area contributed by atoms with E-state index in [1.54, 1.807) is 14.2 Å². The van der Waals surface area contributed by atoms with Gasteiger partial charge in [-0.15, -0.1) is 4.98 Å². The largest absolute Gasteiger partial charge is 0.497 e. The molecule has 6 aromatic rings. The Hall–Kier alpha value is -6.75. The van der Waals surface area contributed by atoms with Gasteiger partial charge >= 0.3 is 12.0 Å². The van der Waals surface area contributed by atoms with Gasteiger partial charge in [0.1, 0.15) is 23.0 Å². The second kappa shape index (κ2) is 26.7. The van der Waals surface area contributed by atoms with Gasteiger partial charge in [-0.2, -0.15) is 20.2 Å². The standard InChI is InChI=1S/C53H61N5O6/c1-4-41-17-19-44(20-18-41)51-54-52(56-53(55-51)64-40-16-12-11-14-38-61-49-31-23-43(24-32-49)42-21-29-47(59-2)30-22-42)63-39-15-10-8-6-5-7-9-13-37-62-50-35-27-46(28-36-50)58-57-45-25-33-48(60-3)34-26-45/h4,17-36H,1,5-16,37-40H2,2-3H3. The summed E-state index contributed by atoms with van der Waals surface area (Å²) in [6.07, 6.45) is 14.7. The Labute approximate surface area is 378 Å². The van der Waals surface area contributed by atoms with E-state index in [9.17, 15) is 0 Å². The molecule has 0 N–H and O–H groups in total. The summed E-state index contributed by atoms with van der Waals surface area (Å²) in [5.74, 6) is 3.89. The van der Waals surface area contributed by atoms with Crippen LogP contribution in [0.15, 0.2) is 138 Å². The molecule has 1 aromatic heterocycles. The average Bonchev–Trinajstić information content (AvgIpc) is 3.35. The third-order valence-electron chi connectivity index (χ3n) is 10.5. The number of hydrogen-bond donors (Lipinski definition) is 0. The smallest absolute Gasteiger partial charge is 0.323 e. The van der Waals surface area contributed by atoms with Crippen molar-refractivity contribution in [3.8, 4) is 57.5 Å². The van der Waals surface area contributed by atoms with Crippen LogP contribution in [0.2, 0.25) is 0 Å². The fourth-order valence-corrected chi connectivity index (χ4v) is 6.79. The highest BCUT2D eigenvalue weighted by Crippen LogP contribution is 2.26. The molecule has 0 saturated heterocycles. The van der Waals surface area contributed by atoms with Crippen molar-refractivity contribution in [1.82, 2.24) is 15.0 Å². The molecule has 0 fully saturated rings. The fraction of sp³-hybridized carbons (Fsp3) is 0.340. The molecule has 6 rings (SSSR count). The molecule has 0 amide bonds. The first-order chi connectivity index (χ1) is 31.6. The van der Waals surface area contributed by atoms with Gasteiger partial charge < -0.3 is 28.4 Å². The van der Waals surface area contributed by atoms with Crippen LogP contribution >= 0.6 is 0 Å². The minimum atomic E-state index is 0.279. The highest BCUT2D eigenvalue weighted by atomic mass is 16.5. The third-order valence-corrected chi connectivity index (χ3v) is 10.5. The Morgan fingerprint density at radius 2 is 0.734 bits per heavy atom. The molecule has 0 aliphatic rings. The molecule has 0 aliphatic carbocycles. The van der Waals surface area contributed by atoms with Crippen LogP contribution in [0.3, 0.4) is 0 Å². The highest BCUT2D eigenvalue weighted by Gasteiger charge is 2.12. The van der Waals surface area contributed by atoms with Crippen molar-refractivity contribution in [2.24, 2.45) is 10.2 Å². The Morgan fingerprint density at radius 1 is 0.391 bits per heavy atom. The van der Waals surface area contributed by atoms with Gasteiger partial charge in [0.05, 0.1) is 52.0 Å². The second-order valence-corrected chi connectivity index (χ2v) is 15.3. The zero-order chi connectivity index (χ0) is 44.4. The fourth-order valence-electron chi connectivity index (χ4n) is 6.79. The number of nitrogens with zero attached hydrogens (tertiary/aromatic N) is 5. The third kappa shape index (κ3) is 16.2. The average molecular weight is 864 g/mol. The molecule has 1 heterocycles. The van der Waals surface area contributed by atoms with E-state index in [2.05, 4.69) is 56.0 Å². The van der Waals surface area contributed by atoms with E-state index < -0.39 is 0 Å². The lowest BCUT2D eigenvalue weighted by molar-refractivity contribution is 0.251. The van der Waals surface area contributed by atoms with Gasteiger partial charge in [0.2, 0.25) is 0 Å². The van der Waals surface area contributed by atoms with Crippen LogP contribution in [0.25, 0.3) is 28.6 Å². The quantitative estimate of drug-likeness (QED) is 0.0335. The highest BCUT2D eigenvalue weighted by molar-refractivity contribution is 5.65. The molecule has 0 unspecified atom stereocenters.